The lowest BCUT2D eigenvalue weighted by Gasteiger charge is -2.37. The predicted octanol–water partition coefficient (Wildman–Crippen LogP) is 3.50. The van der Waals surface area contributed by atoms with E-state index in [1.165, 1.54) is 12.8 Å². The normalized spacial score (nSPS) is 27.7. The SMILES string of the molecule is CCN(C(=O)c1cc(Br)ccc1C)C1CC2CCC(C1)N2. The summed E-state index contributed by atoms with van der Waals surface area (Å²) in [5.41, 5.74) is 1.88. The van der Waals surface area contributed by atoms with Gasteiger partial charge in [0.25, 0.3) is 5.91 Å². The van der Waals surface area contributed by atoms with Gasteiger partial charge in [0.15, 0.2) is 0 Å². The van der Waals surface area contributed by atoms with E-state index in [-0.39, 0.29) is 5.91 Å². The number of carbonyl (C=O) groups is 1. The Labute approximate surface area is 135 Å². The minimum absolute atomic E-state index is 0.183. The maximum atomic E-state index is 13.0. The maximum Gasteiger partial charge on any atom is 0.254 e. The first kappa shape index (κ1) is 15.0. The Morgan fingerprint density at radius 2 is 2.00 bits per heavy atom. The van der Waals surface area contributed by atoms with Gasteiger partial charge >= 0.3 is 0 Å². The van der Waals surface area contributed by atoms with Gasteiger partial charge in [0, 0.05) is 34.7 Å². The Morgan fingerprint density at radius 1 is 1.33 bits per heavy atom. The number of hydrogen-bond donors (Lipinski definition) is 1. The highest BCUT2D eigenvalue weighted by Gasteiger charge is 2.37. The van der Waals surface area contributed by atoms with Crippen LogP contribution < -0.4 is 5.32 Å². The van der Waals surface area contributed by atoms with Gasteiger partial charge in [0.2, 0.25) is 0 Å². The zero-order valence-electron chi connectivity index (χ0n) is 12.7. The molecule has 1 N–H and O–H groups in total. The van der Waals surface area contributed by atoms with Crippen LogP contribution in [0.2, 0.25) is 0 Å². The highest BCUT2D eigenvalue weighted by atomic mass is 79.9. The molecule has 0 saturated carbocycles. The molecule has 1 amide bonds. The van der Waals surface area contributed by atoms with Crippen LogP contribution in [-0.2, 0) is 0 Å². The van der Waals surface area contributed by atoms with Crippen molar-refractivity contribution in [2.24, 2.45) is 0 Å². The molecule has 21 heavy (non-hydrogen) atoms. The molecule has 0 aliphatic carbocycles. The number of nitrogens with one attached hydrogen (secondary N) is 1. The summed E-state index contributed by atoms with van der Waals surface area (Å²) in [7, 11) is 0. The number of hydrogen-bond acceptors (Lipinski definition) is 2. The molecule has 114 valence electrons. The van der Waals surface area contributed by atoms with Crippen LogP contribution in [0.25, 0.3) is 0 Å². The van der Waals surface area contributed by atoms with Gasteiger partial charge in [-0.1, -0.05) is 22.0 Å². The van der Waals surface area contributed by atoms with E-state index in [9.17, 15) is 4.79 Å². The van der Waals surface area contributed by atoms with Crippen molar-refractivity contribution in [3.05, 3.63) is 33.8 Å². The minimum Gasteiger partial charge on any atom is -0.336 e. The quantitative estimate of drug-likeness (QED) is 0.904. The molecule has 2 unspecified atom stereocenters. The molecule has 0 radical (unpaired) electrons. The number of nitrogens with zero attached hydrogens (tertiary/aromatic N) is 1. The van der Waals surface area contributed by atoms with Crippen LogP contribution in [0.3, 0.4) is 0 Å². The monoisotopic (exact) mass is 350 g/mol. The Hall–Kier alpha value is -0.870. The van der Waals surface area contributed by atoms with E-state index in [2.05, 4.69) is 33.1 Å². The molecular formula is C17H23BrN2O. The Bertz CT molecular complexity index is 534. The Morgan fingerprint density at radius 3 is 2.62 bits per heavy atom. The molecule has 2 atom stereocenters. The van der Waals surface area contributed by atoms with E-state index >= 15 is 0 Å². The zero-order chi connectivity index (χ0) is 15.0. The fraction of sp³-hybridized carbons (Fsp3) is 0.588. The summed E-state index contributed by atoms with van der Waals surface area (Å²) >= 11 is 3.48. The molecule has 3 nitrogen and oxygen atoms in total. The fourth-order valence-electron chi connectivity index (χ4n) is 3.83. The standard InChI is InChI=1S/C17H23BrN2O/c1-3-20(15-9-13-6-7-14(10-15)19-13)17(21)16-8-12(18)5-4-11(16)2/h4-5,8,13-15,19H,3,6-7,9-10H2,1-2H3. The van der Waals surface area contributed by atoms with Gasteiger partial charge in [-0.3, -0.25) is 4.79 Å². The predicted molar refractivity (Wildman–Crippen MR) is 88.6 cm³/mol. The van der Waals surface area contributed by atoms with E-state index < -0.39 is 0 Å². The van der Waals surface area contributed by atoms with Gasteiger partial charge in [0.1, 0.15) is 0 Å². The number of halogens is 1. The Balaban J connectivity index is 1.82. The lowest BCUT2D eigenvalue weighted by molar-refractivity contribution is 0.0630. The van der Waals surface area contributed by atoms with Gasteiger partial charge in [0.05, 0.1) is 0 Å². The second-order valence-electron chi connectivity index (χ2n) is 6.31. The molecule has 2 fully saturated rings. The molecule has 0 spiro atoms. The molecular weight excluding hydrogens is 328 g/mol. The number of benzene rings is 1. The average molecular weight is 351 g/mol. The van der Waals surface area contributed by atoms with E-state index in [1.54, 1.807) is 0 Å². The van der Waals surface area contributed by atoms with Crippen molar-refractivity contribution >= 4 is 21.8 Å². The number of aryl methyl sites for hydroxylation is 1. The van der Waals surface area contributed by atoms with Crippen LogP contribution in [0, 0.1) is 6.92 Å². The second-order valence-corrected chi connectivity index (χ2v) is 7.23. The molecule has 2 aliphatic rings. The topological polar surface area (TPSA) is 32.3 Å². The summed E-state index contributed by atoms with van der Waals surface area (Å²) in [6.07, 6.45) is 4.73. The lowest BCUT2D eigenvalue weighted by atomic mass is 9.97. The summed E-state index contributed by atoms with van der Waals surface area (Å²) in [4.78, 5) is 15.1. The lowest BCUT2D eigenvalue weighted by Crippen LogP contribution is -2.50. The van der Waals surface area contributed by atoms with Crippen LogP contribution in [0.5, 0.6) is 0 Å². The summed E-state index contributed by atoms with van der Waals surface area (Å²) in [5.74, 6) is 0.183. The van der Waals surface area contributed by atoms with Crippen LogP contribution >= 0.6 is 15.9 Å². The third kappa shape index (κ3) is 3.02. The molecule has 4 heteroatoms. The highest BCUT2D eigenvalue weighted by Crippen LogP contribution is 2.31. The van der Waals surface area contributed by atoms with Crippen molar-refractivity contribution in [1.82, 2.24) is 10.2 Å². The van der Waals surface area contributed by atoms with Crippen molar-refractivity contribution in [2.75, 3.05) is 6.54 Å². The van der Waals surface area contributed by atoms with Gasteiger partial charge in [-0.15, -0.1) is 0 Å². The van der Waals surface area contributed by atoms with Gasteiger partial charge in [-0.2, -0.15) is 0 Å². The van der Waals surface area contributed by atoms with Crippen molar-refractivity contribution < 1.29 is 4.79 Å². The average Bonchev–Trinajstić information content (AvgIpc) is 2.81. The number of rotatable bonds is 3. The third-order valence-corrected chi connectivity index (χ3v) is 5.41. The number of piperidine rings is 1. The first-order chi connectivity index (χ1) is 10.1. The maximum absolute atomic E-state index is 13.0. The molecule has 1 aromatic carbocycles. The van der Waals surface area contributed by atoms with E-state index in [0.717, 1.165) is 35.0 Å². The molecule has 3 rings (SSSR count). The first-order valence-corrected chi connectivity index (χ1v) is 8.71. The van der Waals surface area contributed by atoms with Crippen molar-refractivity contribution in [3.63, 3.8) is 0 Å². The number of carbonyl (C=O) groups excluding carboxylic acids is 1. The van der Waals surface area contributed by atoms with Crippen LogP contribution in [0.15, 0.2) is 22.7 Å². The van der Waals surface area contributed by atoms with Crippen LogP contribution in [0.4, 0.5) is 0 Å². The van der Waals surface area contributed by atoms with E-state index in [0.29, 0.717) is 18.1 Å². The summed E-state index contributed by atoms with van der Waals surface area (Å²) in [6, 6.07) is 7.57. The molecule has 2 heterocycles. The largest absolute Gasteiger partial charge is 0.336 e. The zero-order valence-corrected chi connectivity index (χ0v) is 14.3. The number of fused-ring (bicyclic) bond motifs is 2. The highest BCUT2D eigenvalue weighted by molar-refractivity contribution is 9.10. The van der Waals surface area contributed by atoms with E-state index in [4.69, 9.17) is 0 Å². The third-order valence-electron chi connectivity index (χ3n) is 4.92. The smallest absolute Gasteiger partial charge is 0.254 e. The fourth-order valence-corrected chi connectivity index (χ4v) is 4.19. The minimum atomic E-state index is 0.183. The first-order valence-electron chi connectivity index (χ1n) is 7.91. The summed E-state index contributed by atoms with van der Waals surface area (Å²) in [6.45, 7) is 4.89. The number of amides is 1. The second kappa shape index (κ2) is 6.09. The van der Waals surface area contributed by atoms with Crippen molar-refractivity contribution in [2.45, 2.75) is 57.7 Å². The Kier molecular flexibility index (Phi) is 4.36. The summed E-state index contributed by atoms with van der Waals surface area (Å²) < 4.78 is 0.970. The molecule has 0 aromatic heterocycles. The molecule has 2 saturated heterocycles. The van der Waals surface area contributed by atoms with Crippen LogP contribution in [-0.4, -0.2) is 35.5 Å². The van der Waals surface area contributed by atoms with Gasteiger partial charge in [-0.25, -0.2) is 0 Å². The van der Waals surface area contributed by atoms with E-state index in [1.807, 2.05) is 25.1 Å². The molecule has 2 bridgehead atoms. The van der Waals surface area contributed by atoms with Crippen LogP contribution in [0.1, 0.15) is 48.5 Å². The van der Waals surface area contributed by atoms with Crippen molar-refractivity contribution in [1.29, 1.82) is 0 Å². The van der Waals surface area contributed by atoms with Gasteiger partial charge < -0.3 is 10.2 Å². The molecule has 2 aliphatic heterocycles. The summed E-state index contributed by atoms with van der Waals surface area (Å²) in [5, 5.41) is 3.65. The molecule has 1 aromatic rings. The van der Waals surface area contributed by atoms with Crippen molar-refractivity contribution in [3.8, 4) is 0 Å². The van der Waals surface area contributed by atoms with Gasteiger partial charge in [-0.05, 0) is 57.2 Å².